The summed E-state index contributed by atoms with van der Waals surface area (Å²) in [6.45, 7) is 0. The van der Waals surface area contributed by atoms with Crippen LogP contribution in [0.25, 0.3) is 0 Å². The number of para-hydroxylation sites is 1. The molecule has 0 aliphatic heterocycles. The van der Waals surface area contributed by atoms with Crippen LogP contribution in [0.4, 0.5) is 16.4 Å². The van der Waals surface area contributed by atoms with Crippen LogP contribution in [-0.2, 0) is 4.84 Å². The van der Waals surface area contributed by atoms with Crippen LogP contribution in [0.2, 0.25) is 0 Å². The minimum atomic E-state index is -0.784. The minimum Gasteiger partial charge on any atom is -0.400 e. The average molecular weight is 275 g/mol. The zero-order valence-electron chi connectivity index (χ0n) is 10.1. The molecule has 0 saturated carbocycles. The summed E-state index contributed by atoms with van der Waals surface area (Å²) in [5, 5.41) is 16.2. The van der Waals surface area contributed by atoms with Gasteiger partial charge in [0.1, 0.15) is 11.1 Å². The first-order valence-corrected chi connectivity index (χ1v) is 5.46. The number of hydrogen-bond donors (Lipinski definition) is 1. The molecule has 1 N–H and O–H groups in total. The van der Waals surface area contributed by atoms with Gasteiger partial charge < -0.3 is 4.42 Å². The SMILES string of the molecule is O=C(Nc1ccccc1)O/N=C/c1ccc([N+](=O)[O-])o1. The van der Waals surface area contributed by atoms with Crippen LogP contribution in [0.5, 0.6) is 0 Å². The number of carbonyl (C=O) groups excluding carboxylic acids is 1. The van der Waals surface area contributed by atoms with E-state index in [1.807, 2.05) is 0 Å². The van der Waals surface area contributed by atoms with Gasteiger partial charge >= 0.3 is 12.0 Å². The molecule has 0 aliphatic carbocycles. The van der Waals surface area contributed by atoms with Gasteiger partial charge in [-0.05, 0) is 18.2 Å². The number of furan rings is 1. The highest BCUT2D eigenvalue weighted by molar-refractivity contribution is 5.85. The highest BCUT2D eigenvalue weighted by Gasteiger charge is 2.10. The first-order chi connectivity index (χ1) is 9.65. The number of nitrogens with one attached hydrogen (secondary N) is 1. The molecular formula is C12H9N3O5. The van der Waals surface area contributed by atoms with Crippen LogP contribution in [0.15, 0.2) is 52.0 Å². The van der Waals surface area contributed by atoms with Gasteiger partial charge in [0, 0.05) is 5.69 Å². The number of anilines is 1. The second-order valence-electron chi connectivity index (χ2n) is 3.54. The molecule has 0 spiro atoms. The predicted octanol–water partition coefficient (Wildman–Crippen LogP) is 2.77. The maximum Gasteiger partial charge on any atom is 0.437 e. The third-order valence-corrected chi connectivity index (χ3v) is 2.13. The van der Waals surface area contributed by atoms with Gasteiger partial charge in [-0.25, -0.2) is 4.79 Å². The van der Waals surface area contributed by atoms with Crippen LogP contribution in [0.3, 0.4) is 0 Å². The van der Waals surface area contributed by atoms with Crippen molar-refractivity contribution in [2.45, 2.75) is 0 Å². The molecule has 0 bridgehead atoms. The Labute approximate surface area is 112 Å². The number of carbonyl (C=O) groups is 1. The van der Waals surface area contributed by atoms with Crippen molar-refractivity contribution < 1.29 is 19.0 Å². The second kappa shape index (κ2) is 6.14. The van der Waals surface area contributed by atoms with Crippen molar-refractivity contribution >= 4 is 23.9 Å². The molecule has 102 valence electrons. The molecule has 8 heteroatoms. The van der Waals surface area contributed by atoms with Crippen molar-refractivity contribution in [3.05, 3.63) is 58.3 Å². The van der Waals surface area contributed by atoms with Gasteiger partial charge in [-0.1, -0.05) is 23.4 Å². The summed E-state index contributed by atoms with van der Waals surface area (Å²) >= 11 is 0. The zero-order valence-corrected chi connectivity index (χ0v) is 10.1. The van der Waals surface area contributed by atoms with E-state index in [1.165, 1.54) is 12.1 Å². The molecule has 2 rings (SSSR count). The van der Waals surface area contributed by atoms with Gasteiger partial charge in [-0.2, -0.15) is 0 Å². The minimum absolute atomic E-state index is 0.101. The van der Waals surface area contributed by atoms with E-state index < -0.39 is 16.9 Å². The maximum absolute atomic E-state index is 11.3. The third-order valence-electron chi connectivity index (χ3n) is 2.13. The molecule has 1 aromatic heterocycles. The lowest BCUT2D eigenvalue weighted by molar-refractivity contribution is -0.402. The van der Waals surface area contributed by atoms with Gasteiger partial charge in [0.15, 0.2) is 5.76 Å². The summed E-state index contributed by atoms with van der Waals surface area (Å²) in [7, 11) is 0. The van der Waals surface area contributed by atoms with Gasteiger partial charge in [0.25, 0.3) is 0 Å². The van der Waals surface area contributed by atoms with Gasteiger partial charge in [0.05, 0.1) is 6.07 Å². The van der Waals surface area contributed by atoms with E-state index in [0.717, 1.165) is 6.21 Å². The number of benzene rings is 1. The highest BCUT2D eigenvalue weighted by atomic mass is 16.7. The van der Waals surface area contributed by atoms with Crippen molar-refractivity contribution in [1.82, 2.24) is 0 Å². The Morgan fingerprint density at radius 2 is 2.05 bits per heavy atom. The second-order valence-corrected chi connectivity index (χ2v) is 3.54. The van der Waals surface area contributed by atoms with E-state index >= 15 is 0 Å². The molecule has 20 heavy (non-hydrogen) atoms. The molecule has 2 aromatic rings. The Morgan fingerprint density at radius 3 is 2.70 bits per heavy atom. The fraction of sp³-hybridized carbons (Fsp3) is 0. The van der Waals surface area contributed by atoms with Crippen LogP contribution in [-0.4, -0.2) is 17.2 Å². The Morgan fingerprint density at radius 1 is 1.30 bits per heavy atom. The summed E-state index contributed by atoms with van der Waals surface area (Å²) in [6.07, 6.45) is 0.269. The van der Waals surface area contributed by atoms with Gasteiger partial charge in [-0.15, -0.1) is 0 Å². The van der Waals surface area contributed by atoms with Crippen molar-refractivity contribution in [2.24, 2.45) is 5.16 Å². The fourth-order valence-electron chi connectivity index (χ4n) is 1.30. The van der Waals surface area contributed by atoms with Crippen molar-refractivity contribution in [3.63, 3.8) is 0 Å². The lowest BCUT2D eigenvalue weighted by atomic mass is 10.3. The third kappa shape index (κ3) is 3.67. The van der Waals surface area contributed by atoms with Crippen LogP contribution >= 0.6 is 0 Å². The van der Waals surface area contributed by atoms with E-state index in [4.69, 9.17) is 4.42 Å². The van der Waals surface area contributed by atoms with E-state index in [1.54, 1.807) is 30.3 Å². The number of oxime groups is 1. The summed E-state index contributed by atoms with van der Waals surface area (Å²) in [5.41, 5.74) is 0.557. The number of hydrogen-bond acceptors (Lipinski definition) is 6. The Kier molecular flexibility index (Phi) is 4.07. The number of nitrogens with zero attached hydrogens (tertiary/aromatic N) is 2. The molecule has 1 heterocycles. The normalized spacial score (nSPS) is 10.4. The fourth-order valence-corrected chi connectivity index (χ4v) is 1.30. The number of rotatable bonds is 4. The molecule has 0 atom stereocenters. The largest absolute Gasteiger partial charge is 0.437 e. The summed E-state index contributed by atoms with van der Waals surface area (Å²) in [4.78, 5) is 25.5. The van der Waals surface area contributed by atoms with Crippen molar-refractivity contribution in [1.29, 1.82) is 0 Å². The molecule has 1 aromatic carbocycles. The first kappa shape index (κ1) is 13.3. The predicted molar refractivity (Wildman–Crippen MR) is 69.5 cm³/mol. The molecule has 8 nitrogen and oxygen atoms in total. The molecule has 0 saturated heterocycles. The van der Waals surface area contributed by atoms with Gasteiger partial charge in [-0.3, -0.25) is 20.3 Å². The quantitative estimate of drug-likeness (QED) is 0.399. The maximum atomic E-state index is 11.3. The van der Waals surface area contributed by atoms with E-state index in [-0.39, 0.29) is 5.76 Å². The Hall–Kier alpha value is -3.16. The highest BCUT2D eigenvalue weighted by Crippen LogP contribution is 2.13. The zero-order chi connectivity index (χ0) is 14.4. The molecular weight excluding hydrogens is 266 g/mol. The monoisotopic (exact) mass is 275 g/mol. The Balaban J connectivity index is 1.86. The van der Waals surface area contributed by atoms with E-state index in [9.17, 15) is 14.9 Å². The summed E-state index contributed by atoms with van der Waals surface area (Å²) in [5.74, 6) is -0.315. The lowest BCUT2D eigenvalue weighted by Crippen LogP contribution is -2.10. The molecule has 0 aliphatic rings. The summed E-state index contributed by atoms with van der Waals surface area (Å²) in [6, 6.07) is 11.2. The topological polar surface area (TPSA) is 107 Å². The Bertz CT molecular complexity index is 636. The smallest absolute Gasteiger partial charge is 0.400 e. The van der Waals surface area contributed by atoms with Crippen molar-refractivity contribution in [3.8, 4) is 0 Å². The van der Waals surface area contributed by atoms with Crippen LogP contribution in [0.1, 0.15) is 5.76 Å². The molecule has 0 fully saturated rings. The summed E-state index contributed by atoms with van der Waals surface area (Å²) < 4.78 is 4.79. The van der Waals surface area contributed by atoms with Crippen molar-refractivity contribution in [2.75, 3.05) is 5.32 Å². The standard InChI is InChI=1S/C12H9N3O5/c16-12(14-9-4-2-1-3-5-9)20-13-8-10-6-7-11(19-10)15(17)18/h1-8H,(H,14,16)/b13-8+. The number of amides is 1. The molecule has 0 unspecified atom stereocenters. The first-order valence-electron chi connectivity index (χ1n) is 5.46. The number of nitro groups is 1. The molecule has 1 amide bonds. The lowest BCUT2D eigenvalue weighted by Gasteiger charge is -2.00. The average Bonchev–Trinajstić information content (AvgIpc) is 2.89. The molecule has 0 radical (unpaired) electrons. The van der Waals surface area contributed by atoms with Gasteiger partial charge in [0.2, 0.25) is 0 Å². The van der Waals surface area contributed by atoms with Crippen LogP contribution < -0.4 is 5.32 Å². The van der Waals surface area contributed by atoms with Crippen LogP contribution in [0, 0.1) is 10.1 Å². The van der Waals surface area contributed by atoms with E-state index in [2.05, 4.69) is 15.3 Å². The van der Waals surface area contributed by atoms with E-state index in [0.29, 0.717) is 5.69 Å².